The molecule has 3 N–H and O–H groups in total. The summed E-state index contributed by atoms with van der Waals surface area (Å²) in [6, 6.07) is 10.2. The van der Waals surface area contributed by atoms with E-state index in [1.807, 2.05) is 31.2 Å². The fraction of sp³-hybridized carbons (Fsp3) is 0.176. The van der Waals surface area contributed by atoms with Gasteiger partial charge in [-0.15, -0.1) is 0 Å². The summed E-state index contributed by atoms with van der Waals surface area (Å²) in [4.78, 5) is 10.7. The summed E-state index contributed by atoms with van der Waals surface area (Å²) in [5.74, 6) is 1.14. The van der Waals surface area contributed by atoms with Crippen LogP contribution in [0.1, 0.15) is 18.1 Å². The fourth-order valence-electron chi connectivity index (χ4n) is 1.97. The molecule has 0 radical (unpaired) electrons. The molecule has 0 aromatic heterocycles. The molecule has 0 aliphatic carbocycles. The molecule has 2 amide bonds. The van der Waals surface area contributed by atoms with E-state index in [1.165, 1.54) is 6.21 Å². The van der Waals surface area contributed by atoms with E-state index in [9.17, 15) is 4.79 Å². The van der Waals surface area contributed by atoms with E-state index in [4.69, 9.17) is 26.8 Å². The number of halogens is 2. The van der Waals surface area contributed by atoms with Gasteiger partial charge in [0.1, 0.15) is 6.61 Å². The first-order chi connectivity index (χ1) is 12.0. The Morgan fingerprint density at radius 3 is 2.68 bits per heavy atom. The monoisotopic (exact) mass is 425 g/mol. The Hall–Kier alpha value is -2.25. The van der Waals surface area contributed by atoms with Gasteiger partial charge in [0.15, 0.2) is 11.5 Å². The SMILES string of the molecule is CCOc1cc(C=NNC(N)=O)cc(Br)c1OCc1ccc(Cl)cc1. The number of hydrazone groups is 1. The number of nitrogens with zero attached hydrogens (tertiary/aromatic N) is 1. The first-order valence-electron chi connectivity index (χ1n) is 7.41. The zero-order valence-corrected chi connectivity index (χ0v) is 15.8. The number of primary amides is 1. The largest absolute Gasteiger partial charge is 0.490 e. The number of carbonyl (C=O) groups excluding carboxylic acids is 1. The maximum Gasteiger partial charge on any atom is 0.332 e. The van der Waals surface area contributed by atoms with E-state index in [1.54, 1.807) is 12.1 Å². The van der Waals surface area contributed by atoms with Crippen LogP contribution in [0.25, 0.3) is 0 Å². The Labute approximate surface area is 159 Å². The highest BCUT2D eigenvalue weighted by molar-refractivity contribution is 9.10. The number of hydrogen-bond donors (Lipinski definition) is 2. The third-order valence-corrected chi connectivity index (χ3v) is 3.86. The maximum atomic E-state index is 10.7. The summed E-state index contributed by atoms with van der Waals surface area (Å²) in [6.07, 6.45) is 1.46. The topological polar surface area (TPSA) is 85.9 Å². The number of rotatable bonds is 7. The predicted molar refractivity (Wildman–Crippen MR) is 101 cm³/mol. The van der Waals surface area contributed by atoms with Crippen LogP contribution in [-0.4, -0.2) is 18.9 Å². The minimum absolute atomic E-state index is 0.368. The number of nitrogens with one attached hydrogen (secondary N) is 1. The number of amides is 2. The van der Waals surface area contributed by atoms with Crippen molar-refractivity contribution in [2.24, 2.45) is 10.8 Å². The van der Waals surface area contributed by atoms with Crippen molar-refractivity contribution in [2.45, 2.75) is 13.5 Å². The molecular weight excluding hydrogens is 410 g/mol. The number of hydrogen-bond acceptors (Lipinski definition) is 4. The molecule has 0 aliphatic heterocycles. The van der Waals surface area contributed by atoms with Gasteiger partial charge < -0.3 is 15.2 Å². The van der Waals surface area contributed by atoms with Crippen molar-refractivity contribution < 1.29 is 14.3 Å². The number of urea groups is 1. The molecule has 2 rings (SSSR count). The van der Waals surface area contributed by atoms with E-state index in [2.05, 4.69) is 26.5 Å². The predicted octanol–water partition coefficient (Wildman–Crippen LogP) is 4.08. The Kier molecular flexibility index (Phi) is 7.09. The lowest BCUT2D eigenvalue weighted by Gasteiger charge is -2.14. The second-order valence-corrected chi connectivity index (χ2v) is 6.20. The van der Waals surface area contributed by atoms with Crippen molar-refractivity contribution in [3.8, 4) is 11.5 Å². The van der Waals surface area contributed by atoms with Crippen LogP contribution >= 0.6 is 27.5 Å². The highest BCUT2D eigenvalue weighted by Gasteiger charge is 2.12. The van der Waals surface area contributed by atoms with Crippen LogP contribution in [0, 0.1) is 0 Å². The van der Waals surface area contributed by atoms with Gasteiger partial charge in [0.05, 0.1) is 17.3 Å². The Morgan fingerprint density at radius 1 is 1.32 bits per heavy atom. The minimum Gasteiger partial charge on any atom is -0.490 e. The van der Waals surface area contributed by atoms with Crippen molar-refractivity contribution >= 4 is 39.8 Å². The van der Waals surface area contributed by atoms with Crippen molar-refractivity contribution in [3.05, 3.63) is 57.0 Å². The fourth-order valence-corrected chi connectivity index (χ4v) is 2.67. The summed E-state index contributed by atoms with van der Waals surface area (Å²) in [5.41, 5.74) is 8.80. The maximum absolute atomic E-state index is 10.7. The second-order valence-electron chi connectivity index (χ2n) is 4.91. The van der Waals surface area contributed by atoms with Crippen LogP contribution in [0.15, 0.2) is 46.0 Å². The molecule has 0 bridgehead atoms. The molecule has 2 aromatic rings. The van der Waals surface area contributed by atoms with Crippen LogP contribution < -0.4 is 20.6 Å². The Bertz CT molecular complexity index is 766. The van der Waals surface area contributed by atoms with Crippen LogP contribution in [0.2, 0.25) is 5.02 Å². The van der Waals surface area contributed by atoms with Crippen molar-refractivity contribution in [2.75, 3.05) is 6.61 Å². The van der Waals surface area contributed by atoms with Crippen LogP contribution in [0.4, 0.5) is 4.79 Å². The average Bonchev–Trinajstić information content (AvgIpc) is 2.55. The molecule has 132 valence electrons. The van der Waals surface area contributed by atoms with Gasteiger partial charge in [0, 0.05) is 5.02 Å². The lowest BCUT2D eigenvalue weighted by Crippen LogP contribution is -2.24. The van der Waals surface area contributed by atoms with Gasteiger partial charge in [0.25, 0.3) is 0 Å². The number of carbonyl (C=O) groups is 1. The molecular formula is C17H17BrClN3O3. The molecule has 6 nitrogen and oxygen atoms in total. The molecule has 0 unspecified atom stereocenters. The van der Waals surface area contributed by atoms with Crippen molar-refractivity contribution in [1.82, 2.24) is 5.43 Å². The third-order valence-electron chi connectivity index (χ3n) is 3.02. The molecule has 25 heavy (non-hydrogen) atoms. The molecule has 2 aromatic carbocycles. The molecule has 0 spiro atoms. The number of benzene rings is 2. The van der Waals surface area contributed by atoms with Crippen LogP contribution in [0.5, 0.6) is 11.5 Å². The third kappa shape index (κ3) is 5.95. The van der Waals surface area contributed by atoms with Crippen LogP contribution in [0.3, 0.4) is 0 Å². The van der Waals surface area contributed by atoms with Crippen molar-refractivity contribution in [1.29, 1.82) is 0 Å². The smallest absolute Gasteiger partial charge is 0.332 e. The van der Waals surface area contributed by atoms with Gasteiger partial charge in [-0.3, -0.25) is 0 Å². The Balaban J connectivity index is 2.19. The Morgan fingerprint density at radius 2 is 2.04 bits per heavy atom. The van der Waals surface area contributed by atoms with E-state index in [0.717, 1.165) is 5.56 Å². The van der Waals surface area contributed by atoms with Gasteiger partial charge in [-0.1, -0.05) is 23.7 Å². The molecule has 0 saturated heterocycles. The van der Waals surface area contributed by atoms with Gasteiger partial charge in [-0.2, -0.15) is 5.10 Å². The van der Waals surface area contributed by atoms with Gasteiger partial charge >= 0.3 is 6.03 Å². The number of ether oxygens (including phenoxy) is 2. The highest BCUT2D eigenvalue weighted by Crippen LogP contribution is 2.37. The summed E-state index contributed by atoms with van der Waals surface area (Å²) in [6.45, 7) is 2.72. The van der Waals surface area contributed by atoms with Gasteiger partial charge in [-0.25, -0.2) is 10.2 Å². The molecule has 0 heterocycles. The summed E-state index contributed by atoms with van der Waals surface area (Å²) in [5, 5.41) is 4.41. The number of nitrogens with two attached hydrogens (primary N) is 1. The normalized spacial score (nSPS) is 10.7. The molecule has 0 atom stereocenters. The molecule has 0 saturated carbocycles. The second kappa shape index (κ2) is 9.29. The highest BCUT2D eigenvalue weighted by atomic mass is 79.9. The van der Waals surface area contributed by atoms with E-state index < -0.39 is 6.03 Å². The summed E-state index contributed by atoms with van der Waals surface area (Å²) >= 11 is 9.36. The lowest BCUT2D eigenvalue weighted by atomic mass is 10.2. The molecule has 8 heteroatoms. The molecule has 0 fully saturated rings. The minimum atomic E-state index is -0.733. The quantitative estimate of drug-likeness (QED) is 0.516. The van der Waals surface area contributed by atoms with Crippen LogP contribution in [-0.2, 0) is 6.61 Å². The molecule has 0 aliphatic rings. The van der Waals surface area contributed by atoms with Gasteiger partial charge in [0.2, 0.25) is 0 Å². The zero-order chi connectivity index (χ0) is 18.2. The van der Waals surface area contributed by atoms with E-state index in [-0.39, 0.29) is 0 Å². The summed E-state index contributed by atoms with van der Waals surface area (Å²) in [7, 11) is 0. The standard InChI is InChI=1S/C17H17BrClN3O3/c1-2-24-15-8-12(9-21-22-17(20)23)7-14(18)16(15)25-10-11-3-5-13(19)6-4-11/h3-9H,2,10H2,1H3,(H3,20,22,23). The first kappa shape index (κ1) is 19.1. The first-order valence-corrected chi connectivity index (χ1v) is 8.58. The van der Waals surface area contributed by atoms with Crippen molar-refractivity contribution in [3.63, 3.8) is 0 Å². The van der Waals surface area contributed by atoms with Gasteiger partial charge in [-0.05, 0) is 58.2 Å². The lowest BCUT2D eigenvalue weighted by molar-refractivity contribution is 0.249. The van der Waals surface area contributed by atoms with E-state index in [0.29, 0.717) is 39.8 Å². The summed E-state index contributed by atoms with van der Waals surface area (Å²) < 4.78 is 12.2. The average molecular weight is 427 g/mol. The zero-order valence-electron chi connectivity index (χ0n) is 13.5. The van der Waals surface area contributed by atoms with E-state index >= 15 is 0 Å².